The van der Waals surface area contributed by atoms with Crippen molar-refractivity contribution in [2.75, 3.05) is 14.2 Å². The van der Waals surface area contributed by atoms with Crippen molar-refractivity contribution in [1.82, 2.24) is 0 Å². The van der Waals surface area contributed by atoms with Crippen LogP contribution in [0, 0.1) is 0 Å². The lowest BCUT2D eigenvalue weighted by molar-refractivity contribution is -0.137. The Balaban J connectivity index is 2.53. The van der Waals surface area contributed by atoms with Crippen LogP contribution in [0.15, 0.2) is 48.5 Å². The predicted octanol–water partition coefficient (Wildman–Crippen LogP) is 2.92. The molecule has 0 aliphatic rings. The summed E-state index contributed by atoms with van der Waals surface area (Å²) in [6.07, 6.45) is 0. The molecule has 104 valence electrons. The largest absolute Gasteiger partial charge is 0.497 e. The average molecular weight is 272 g/mol. The highest BCUT2D eigenvalue weighted by Gasteiger charge is 2.25. The molecule has 0 bridgehead atoms. The molecule has 0 heterocycles. The van der Waals surface area contributed by atoms with Crippen molar-refractivity contribution in [3.63, 3.8) is 0 Å². The Labute approximate surface area is 117 Å². The molecule has 0 aliphatic carbocycles. The second kappa shape index (κ2) is 6.10. The minimum absolute atomic E-state index is 0.501. The van der Waals surface area contributed by atoms with Crippen molar-refractivity contribution >= 4 is 5.97 Å². The van der Waals surface area contributed by atoms with Crippen LogP contribution in [0.2, 0.25) is 0 Å². The first-order valence-electron chi connectivity index (χ1n) is 6.17. The number of rotatable bonds is 5. The molecule has 4 nitrogen and oxygen atoms in total. The molecule has 0 saturated heterocycles. The number of carboxylic acid groups (broad SMARTS) is 1. The Morgan fingerprint density at radius 2 is 1.75 bits per heavy atom. The van der Waals surface area contributed by atoms with Gasteiger partial charge in [-0.15, -0.1) is 0 Å². The van der Waals surface area contributed by atoms with Crippen LogP contribution < -0.4 is 9.47 Å². The van der Waals surface area contributed by atoms with Gasteiger partial charge < -0.3 is 14.6 Å². The number of carbonyl (C=O) groups is 1. The monoisotopic (exact) mass is 272 g/mol. The Hall–Kier alpha value is -2.49. The van der Waals surface area contributed by atoms with Gasteiger partial charge in [0, 0.05) is 11.6 Å². The third-order valence-corrected chi connectivity index (χ3v) is 3.13. The number of methoxy groups -OCH3 is 2. The van der Waals surface area contributed by atoms with Gasteiger partial charge in [0.2, 0.25) is 0 Å². The van der Waals surface area contributed by atoms with Gasteiger partial charge in [-0.25, -0.2) is 0 Å². The zero-order valence-corrected chi connectivity index (χ0v) is 11.4. The Morgan fingerprint density at radius 3 is 2.30 bits per heavy atom. The normalized spacial score (nSPS) is 11.7. The topological polar surface area (TPSA) is 55.8 Å². The maximum Gasteiger partial charge on any atom is 0.315 e. The molecule has 1 atom stereocenters. The third kappa shape index (κ3) is 2.74. The van der Waals surface area contributed by atoms with E-state index in [0.717, 1.165) is 0 Å². The molecular weight excluding hydrogens is 256 g/mol. The van der Waals surface area contributed by atoms with Crippen molar-refractivity contribution in [2.24, 2.45) is 0 Å². The summed E-state index contributed by atoms with van der Waals surface area (Å²) in [7, 11) is 3.07. The fourth-order valence-electron chi connectivity index (χ4n) is 2.16. The Bertz CT molecular complexity index is 593. The lowest BCUT2D eigenvalue weighted by atomic mass is 9.90. The van der Waals surface area contributed by atoms with Gasteiger partial charge in [0.05, 0.1) is 14.2 Å². The van der Waals surface area contributed by atoms with Gasteiger partial charge in [-0.3, -0.25) is 4.79 Å². The molecule has 2 rings (SSSR count). The van der Waals surface area contributed by atoms with Crippen molar-refractivity contribution in [1.29, 1.82) is 0 Å². The molecule has 0 aliphatic heterocycles. The molecular formula is C16H16O4. The summed E-state index contributed by atoms with van der Waals surface area (Å²) in [6.45, 7) is 0. The Kier molecular flexibility index (Phi) is 4.25. The van der Waals surface area contributed by atoms with Crippen LogP contribution in [0.25, 0.3) is 0 Å². The molecule has 20 heavy (non-hydrogen) atoms. The summed E-state index contributed by atoms with van der Waals surface area (Å²) < 4.78 is 10.4. The molecule has 2 aromatic carbocycles. The van der Waals surface area contributed by atoms with Gasteiger partial charge >= 0.3 is 5.97 Å². The highest BCUT2D eigenvalue weighted by molar-refractivity contribution is 5.81. The van der Waals surface area contributed by atoms with Crippen molar-refractivity contribution in [2.45, 2.75) is 5.92 Å². The van der Waals surface area contributed by atoms with E-state index < -0.39 is 11.9 Å². The summed E-state index contributed by atoms with van der Waals surface area (Å²) in [5.74, 6) is -0.555. The van der Waals surface area contributed by atoms with Crippen molar-refractivity contribution in [3.05, 3.63) is 59.7 Å². The van der Waals surface area contributed by atoms with Crippen LogP contribution in [0.5, 0.6) is 11.5 Å². The lowest BCUT2D eigenvalue weighted by Gasteiger charge is -2.17. The van der Waals surface area contributed by atoms with E-state index in [1.54, 1.807) is 37.4 Å². The van der Waals surface area contributed by atoms with E-state index >= 15 is 0 Å². The van der Waals surface area contributed by atoms with E-state index in [1.807, 2.05) is 18.2 Å². The fraction of sp³-hybridized carbons (Fsp3) is 0.188. The quantitative estimate of drug-likeness (QED) is 0.909. The molecule has 0 aromatic heterocycles. The second-order valence-corrected chi connectivity index (χ2v) is 4.29. The van der Waals surface area contributed by atoms with E-state index in [4.69, 9.17) is 9.47 Å². The van der Waals surface area contributed by atoms with Gasteiger partial charge in [-0.1, -0.05) is 36.4 Å². The molecule has 1 N–H and O–H groups in total. The van der Waals surface area contributed by atoms with E-state index in [0.29, 0.717) is 22.6 Å². The molecule has 0 fully saturated rings. The minimum Gasteiger partial charge on any atom is -0.497 e. The van der Waals surface area contributed by atoms with E-state index in [1.165, 1.54) is 7.11 Å². The first-order valence-corrected chi connectivity index (χ1v) is 6.17. The SMILES string of the molecule is COc1ccc(C(C(=O)O)c2ccccc2)c(OC)c1. The summed E-state index contributed by atoms with van der Waals surface area (Å²) in [5.41, 5.74) is 1.32. The summed E-state index contributed by atoms with van der Waals surface area (Å²) in [5, 5.41) is 9.54. The number of aliphatic carboxylic acids is 1. The smallest absolute Gasteiger partial charge is 0.315 e. The maximum atomic E-state index is 11.6. The Morgan fingerprint density at radius 1 is 1.05 bits per heavy atom. The highest BCUT2D eigenvalue weighted by atomic mass is 16.5. The van der Waals surface area contributed by atoms with Gasteiger partial charge in [-0.2, -0.15) is 0 Å². The number of benzene rings is 2. The molecule has 4 heteroatoms. The van der Waals surface area contributed by atoms with Crippen molar-refractivity contribution < 1.29 is 19.4 Å². The van der Waals surface area contributed by atoms with Crippen LogP contribution in [-0.2, 0) is 4.79 Å². The standard InChI is InChI=1S/C16H16O4/c1-19-12-8-9-13(14(10-12)20-2)15(16(17)18)11-6-4-3-5-7-11/h3-10,15H,1-2H3,(H,17,18). The third-order valence-electron chi connectivity index (χ3n) is 3.13. The maximum absolute atomic E-state index is 11.6. The van der Waals surface area contributed by atoms with Gasteiger partial charge in [-0.05, 0) is 11.6 Å². The number of carboxylic acids is 1. The van der Waals surface area contributed by atoms with Crippen molar-refractivity contribution in [3.8, 4) is 11.5 Å². The van der Waals surface area contributed by atoms with E-state index in [-0.39, 0.29) is 0 Å². The zero-order valence-electron chi connectivity index (χ0n) is 11.4. The summed E-state index contributed by atoms with van der Waals surface area (Å²) in [6, 6.07) is 14.2. The predicted molar refractivity (Wildman–Crippen MR) is 75.5 cm³/mol. The molecule has 0 radical (unpaired) electrons. The second-order valence-electron chi connectivity index (χ2n) is 4.29. The van der Waals surface area contributed by atoms with Crippen LogP contribution in [0.1, 0.15) is 17.0 Å². The number of ether oxygens (including phenoxy) is 2. The van der Waals surface area contributed by atoms with E-state index in [9.17, 15) is 9.90 Å². The van der Waals surface area contributed by atoms with E-state index in [2.05, 4.69) is 0 Å². The fourth-order valence-corrected chi connectivity index (χ4v) is 2.16. The first kappa shape index (κ1) is 13.9. The molecule has 1 unspecified atom stereocenters. The molecule has 0 spiro atoms. The lowest BCUT2D eigenvalue weighted by Crippen LogP contribution is -2.14. The van der Waals surface area contributed by atoms with Crippen LogP contribution >= 0.6 is 0 Å². The highest BCUT2D eigenvalue weighted by Crippen LogP contribution is 2.34. The summed E-state index contributed by atoms with van der Waals surface area (Å²) in [4.78, 5) is 11.6. The average Bonchev–Trinajstić information content (AvgIpc) is 2.48. The van der Waals surface area contributed by atoms with Gasteiger partial charge in [0.1, 0.15) is 17.4 Å². The van der Waals surface area contributed by atoms with Crippen LogP contribution in [0.3, 0.4) is 0 Å². The van der Waals surface area contributed by atoms with Gasteiger partial charge in [0.15, 0.2) is 0 Å². The number of hydrogen-bond donors (Lipinski definition) is 1. The van der Waals surface area contributed by atoms with Crippen LogP contribution in [-0.4, -0.2) is 25.3 Å². The first-order chi connectivity index (χ1) is 9.67. The molecule has 0 saturated carbocycles. The zero-order chi connectivity index (χ0) is 14.5. The molecule has 2 aromatic rings. The summed E-state index contributed by atoms with van der Waals surface area (Å²) >= 11 is 0. The van der Waals surface area contributed by atoms with Crippen LogP contribution in [0.4, 0.5) is 0 Å². The molecule has 0 amide bonds. The number of hydrogen-bond acceptors (Lipinski definition) is 3. The minimum atomic E-state index is -0.917. The van der Waals surface area contributed by atoms with Gasteiger partial charge in [0.25, 0.3) is 0 Å².